The Bertz CT molecular complexity index is 1180. The molecule has 0 radical (unpaired) electrons. The highest BCUT2D eigenvalue weighted by Crippen LogP contribution is 2.23. The third kappa shape index (κ3) is 7.51. The second kappa shape index (κ2) is 12.5. The zero-order chi connectivity index (χ0) is 27.2. The molecule has 2 amide bonds. The lowest BCUT2D eigenvalue weighted by Gasteiger charge is -2.33. The third-order valence-corrected chi connectivity index (χ3v) is 7.28. The number of halogens is 1. The van der Waals surface area contributed by atoms with Gasteiger partial charge in [-0.2, -0.15) is 0 Å². The molecule has 0 spiro atoms. The van der Waals surface area contributed by atoms with E-state index in [-0.39, 0.29) is 30.2 Å². The Hall–Kier alpha value is -2.99. The number of aromatic amines is 1. The van der Waals surface area contributed by atoms with Gasteiger partial charge in [0.15, 0.2) is 0 Å². The maximum Gasteiger partial charge on any atom is 0.242 e. The van der Waals surface area contributed by atoms with Crippen LogP contribution in [0.25, 0.3) is 10.9 Å². The molecule has 0 fully saturated rings. The summed E-state index contributed by atoms with van der Waals surface area (Å²) in [5.74, 6) is 0.297. The van der Waals surface area contributed by atoms with E-state index in [1.165, 1.54) is 10.9 Å². The number of benzene rings is 2. The molecule has 1 heterocycles. The van der Waals surface area contributed by atoms with Crippen molar-refractivity contribution in [3.63, 3.8) is 0 Å². The van der Waals surface area contributed by atoms with Crippen LogP contribution in [-0.4, -0.2) is 66.2 Å². The minimum Gasteiger partial charge on any atom is -0.378 e. The van der Waals surface area contributed by atoms with E-state index in [0.29, 0.717) is 19.6 Å². The van der Waals surface area contributed by atoms with Crippen LogP contribution in [0.1, 0.15) is 38.8 Å². The van der Waals surface area contributed by atoms with Gasteiger partial charge in [0.2, 0.25) is 11.8 Å². The Kier molecular flexibility index (Phi) is 9.66. The molecule has 0 saturated heterocycles. The fourth-order valence-corrected chi connectivity index (χ4v) is 4.53. The van der Waals surface area contributed by atoms with Gasteiger partial charge in [0.1, 0.15) is 0 Å². The molecule has 0 aliphatic rings. The fourth-order valence-electron chi connectivity index (χ4n) is 4.41. The molecule has 200 valence electrons. The van der Waals surface area contributed by atoms with Crippen molar-refractivity contribution in [1.29, 1.82) is 0 Å². The van der Waals surface area contributed by atoms with Crippen LogP contribution < -0.4 is 4.90 Å². The predicted octanol–water partition coefficient (Wildman–Crippen LogP) is 5.55. The summed E-state index contributed by atoms with van der Waals surface area (Å²) in [6.07, 6.45) is 2.74. The normalized spacial score (nSPS) is 11.7. The lowest BCUT2D eigenvalue weighted by molar-refractivity contribution is -0.146. The van der Waals surface area contributed by atoms with E-state index in [9.17, 15) is 9.59 Å². The number of para-hydroxylation sites is 1. The zero-order valence-corrected chi connectivity index (χ0v) is 23.8. The van der Waals surface area contributed by atoms with Gasteiger partial charge in [-0.15, -0.1) is 11.6 Å². The molecular formula is C30H41ClN4O2. The number of hydrogen-bond acceptors (Lipinski definition) is 3. The van der Waals surface area contributed by atoms with Gasteiger partial charge in [-0.1, -0.05) is 44.2 Å². The number of H-pyrrole nitrogens is 1. The number of hydrogen-bond donors (Lipinski definition) is 1. The van der Waals surface area contributed by atoms with Gasteiger partial charge in [0, 0.05) is 62.4 Å². The maximum absolute atomic E-state index is 13.7. The Labute approximate surface area is 226 Å². The monoisotopic (exact) mass is 524 g/mol. The van der Waals surface area contributed by atoms with E-state index in [1.807, 2.05) is 51.2 Å². The van der Waals surface area contributed by atoms with Crippen LogP contribution in [0.5, 0.6) is 0 Å². The second-order valence-corrected chi connectivity index (χ2v) is 11.3. The van der Waals surface area contributed by atoms with E-state index in [2.05, 4.69) is 60.1 Å². The average Bonchev–Trinajstić information content (AvgIpc) is 3.28. The molecule has 7 heteroatoms. The smallest absolute Gasteiger partial charge is 0.242 e. The van der Waals surface area contributed by atoms with Gasteiger partial charge >= 0.3 is 0 Å². The third-order valence-electron chi connectivity index (χ3n) is 6.62. The van der Waals surface area contributed by atoms with Crippen LogP contribution in [-0.2, 0) is 22.6 Å². The Morgan fingerprint density at radius 3 is 2.30 bits per heavy atom. The summed E-state index contributed by atoms with van der Waals surface area (Å²) in [5, 5.41) is 1.17. The van der Waals surface area contributed by atoms with Crippen LogP contribution >= 0.6 is 11.6 Å². The first-order valence-electron chi connectivity index (χ1n) is 13.0. The molecule has 0 unspecified atom stereocenters. The molecule has 6 nitrogen and oxygen atoms in total. The van der Waals surface area contributed by atoms with Gasteiger partial charge in [-0.05, 0) is 55.5 Å². The Morgan fingerprint density at radius 1 is 1.00 bits per heavy atom. The average molecular weight is 525 g/mol. The highest BCUT2D eigenvalue weighted by molar-refractivity contribution is 6.19. The van der Waals surface area contributed by atoms with Gasteiger partial charge in [0.25, 0.3) is 0 Å². The van der Waals surface area contributed by atoms with Gasteiger partial charge in [-0.25, -0.2) is 0 Å². The van der Waals surface area contributed by atoms with E-state index >= 15 is 0 Å². The lowest BCUT2D eigenvalue weighted by atomic mass is 9.93. The number of aromatic nitrogens is 1. The van der Waals surface area contributed by atoms with Gasteiger partial charge < -0.3 is 19.7 Å². The van der Waals surface area contributed by atoms with Crippen molar-refractivity contribution >= 4 is 40.0 Å². The van der Waals surface area contributed by atoms with Gasteiger partial charge in [0.05, 0.1) is 12.0 Å². The maximum atomic E-state index is 13.7. The van der Waals surface area contributed by atoms with Crippen LogP contribution in [0.15, 0.2) is 54.7 Å². The first-order chi connectivity index (χ1) is 17.5. The van der Waals surface area contributed by atoms with Crippen molar-refractivity contribution in [2.45, 2.75) is 40.7 Å². The molecule has 0 bridgehead atoms. The van der Waals surface area contributed by atoms with Crippen molar-refractivity contribution in [2.24, 2.45) is 11.3 Å². The number of amides is 2. The number of anilines is 1. The minimum atomic E-state index is -0.729. The first kappa shape index (κ1) is 28.6. The standard InChI is InChI=1S/C30H41ClN4O2/c1-22(2)18-35(29(37)30(3,4)21-31)20-28(36)34(19-23-11-13-25(14-12-23)33(5)6)16-15-24-17-32-27-10-8-7-9-26(24)27/h7-14,17,22,32H,15-16,18-21H2,1-6H3. The number of nitrogens with zero attached hydrogens (tertiary/aromatic N) is 3. The Morgan fingerprint density at radius 2 is 1.68 bits per heavy atom. The molecule has 0 saturated carbocycles. The van der Waals surface area contributed by atoms with E-state index in [1.54, 1.807) is 4.90 Å². The van der Waals surface area contributed by atoms with E-state index in [4.69, 9.17) is 11.6 Å². The SMILES string of the molecule is CC(C)CN(CC(=O)N(CCc1c[nH]c2ccccc12)Cc1ccc(N(C)C)cc1)C(=O)C(C)(C)CCl. The minimum absolute atomic E-state index is 0.0427. The number of nitrogens with one attached hydrogen (secondary N) is 1. The quantitative estimate of drug-likeness (QED) is 0.316. The number of alkyl halides is 1. The molecule has 2 aromatic carbocycles. The van der Waals surface area contributed by atoms with E-state index < -0.39 is 5.41 Å². The summed E-state index contributed by atoms with van der Waals surface area (Å²) in [6, 6.07) is 16.5. The summed E-state index contributed by atoms with van der Waals surface area (Å²) >= 11 is 6.12. The molecule has 3 rings (SSSR count). The van der Waals surface area contributed by atoms with Crippen molar-refractivity contribution in [2.75, 3.05) is 44.5 Å². The molecule has 37 heavy (non-hydrogen) atoms. The highest BCUT2D eigenvalue weighted by Gasteiger charge is 2.33. The fraction of sp³-hybridized carbons (Fsp3) is 0.467. The summed E-state index contributed by atoms with van der Waals surface area (Å²) in [4.78, 5) is 36.0. The summed E-state index contributed by atoms with van der Waals surface area (Å²) in [7, 11) is 4.02. The lowest BCUT2D eigenvalue weighted by Crippen LogP contribution is -2.49. The number of carbonyl (C=O) groups excluding carboxylic acids is 2. The number of carbonyl (C=O) groups is 2. The van der Waals surface area contributed by atoms with Crippen LogP contribution in [0.4, 0.5) is 5.69 Å². The number of fused-ring (bicyclic) bond motifs is 1. The molecule has 0 aliphatic carbocycles. The topological polar surface area (TPSA) is 59.7 Å². The van der Waals surface area contributed by atoms with Crippen molar-refractivity contribution < 1.29 is 9.59 Å². The zero-order valence-electron chi connectivity index (χ0n) is 23.1. The molecule has 1 aromatic heterocycles. The second-order valence-electron chi connectivity index (χ2n) is 11.1. The van der Waals surface area contributed by atoms with Crippen molar-refractivity contribution in [3.8, 4) is 0 Å². The van der Waals surface area contributed by atoms with E-state index in [0.717, 1.165) is 23.2 Å². The largest absolute Gasteiger partial charge is 0.378 e. The van der Waals surface area contributed by atoms with Crippen LogP contribution in [0.3, 0.4) is 0 Å². The number of rotatable bonds is 12. The van der Waals surface area contributed by atoms with Crippen LogP contribution in [0, 0.1) is 11.3 Å². The van der Waals surface area contributed by atoms with Crippen molar-refractivity contribution in [3.05, 3.63) is 65.9 Å². The Balaban J connectivity index is 1.83. The predicted molar refractivity (Wildman–Crippen MR) is 154 cm³/mol. The highest BCUT2D eigenvalue weighted by atomic mass is 35.5. The molecular weight excluding hydrogens is 484 g/mol. The molecule has 3 aromatic rings. The molecule has 0 atom stereocenters. The van der Waals surface area contributed by atoms with Crippen LogP contribution in [0.2, 0.25) is 0 Å². The summed E-state index contributed by atoms with van der Waals surface area (Å²) in [6.45, 7) is 9.37. The van der Waals surface area contributed by atoms with Crippen molar-refractivity contribution in [1.82, 2.24) is 14.8 Å². The molecule has 1 N–H and O–H groups in total. The summed E-state index contributed by atoms with van der Waals surface area (Å²) < 4.78 is 0. The first-order valence-corrected chi connectivity index (χ1v) is 13.5. The van der Waals surface area contributed by atoms with Gasteiger partial charge in [-0.3, -0.25) is 9.59 Å². The molecule has 0 aliphatic heterocycles. The summed E-state index contributed by atoms with van der Waals surface area (Å²) in [5.41, 5.74) is 3.70.